The summed E-state index contributed by atoms with van der Waals surface area (Å²) in [6.45, 7) is 0. The molecule has 0 fully saturated rings. The van der Waals surface area contributed by atoms with Crippen LogP contribution < -0.4 is 11.5 Å². The van der Waals surface area contributed by atoms with Crippen molar-refractivity contribution in [1.82, 2.24) is 0 Å². The van der Waals surface area contributed by atoms with Gasteiger partial charge in [-0.25, -0.2) is 0 Å². The zero-order valence-electron chi connectivity index (χ0n) is 14.2. The minimum absolute atomic E-state index is 0.773. The van der Waals surface area contributed by atoms with E-state index >= 15 is 0 Å². The van der Waals surface area contributed by atoms with Gasteiger partial charge < -0.3 is 11.5 Å². The summed E-state index contributed by atoms with van der Waals surface area (Å²) in [5.41, 5.74) is 15.0. The minimum atomic E-state index is 0.773. The molecule has 0 spiro atoms. The van der Waals surface area contributed by atoms with Crippen LogP contribution in [-0.4, -0.2) is 0 Å². The first-order chi connectivity index (χ1) is 12.7. The zero-order chi connectivity index (χ0) is 18.5. The Kier molecular flexibility index (Phi) is 4.79. The van der Waals surface area contributed by atoms with E-state index in [9.17, 15) is 0 Å². The molecule has 2 nitrogen and oxygen atoms in total. The lowest BCUT2D eigenvalue weighted by molar-refractivity contribution is 1.69. The van der Waals surface area contributed by atoms with Crippen LogP contribution in [0.5, 0.6) is 0 Å². The van der Waals surface area contributed by atoms with Gasteiger partial charge in [0.25, 0.3) is 0 Å². The molecule has 4 aromatic rings. The molecule has 2 heteroatoms. The van der Waals surface area contributed by atoms with Gasteiger partial charge in [-0.3, -0.25) is 0 Å². The first-order valence-corrected chi connectivity index (χ1v) is 8.13. The van der Waals surface area contributed by atoms with Crippen molar-refractivity contribution in [2.45, 2.75) is 0 Å². The van der Waals surface area contributed by atoms with Crippen molar-refractivity contribution in [3.63, 3.8) is 0 Å². The highest BCUT2D eigenvalue weighted by Crippen LogP contribution is 2.24. The van der Waals surface area contributed by atoms with Gasteiger partial charge in [0.15, 0.2) is 0 Å². The molecule has 0 bridgehead atoms. The molecular weight excluding hydrogens is 316 g/mol. The average molecular weight is 334 g/mol. The second-order valence-electron chi connectivity index (χ2n) is 5.78. The summed E-state index contributed by atoms with van der Waals surface area (Å²) < 4.78 is 0. The zero-order valence-corrected chi connectivity index (χ0v) is 14.2. The Morgan fingerprint density at radius 3 is 1.62 bits per heavy atom. The summed E-state index contributed by atoms with van der Waals surface area (Å²) in [6, 6.07) is 23.2. The van der Waals surface area contributed by atoms with Crippen LogP contribution in [0.25, 0.3) is 21.5 Å². The Labute approximate surface area is 153 Å². The van der Waals surface area contributed by atoms with Crippen LogP contribution in [0.2, 0.25) is 0 Å². The van der Waals surface area contributed by atoms with Crippen LogP contribution >= 0.6 is 0 Å². The number of fused-ring (bicyclic) bond motifs is 2. The Morgan fingerprint density at radius 2 is 0.962 bits per heavy atom. The Bertz CT molecular complexity index is 1130. The number of hydrogen-bond donors (Lipinski definition) is 2. The van der Waals surface area contributed by atoms with Crippen molar-refractivity contribution >= 4 is 32.9 Å². The lowest BCUT2D eigenvalue weighted by Gasteiger charge is -2.03. The molecule has 0 atom stereocenters. The molecule has 0 heterocycles. The molecule has 0 aliphatic rings. The van der Waals surface area contributed by atoms with Gasteiger partial charge in [0.1, 0.15) is 0 Å². The van der Waals surface area contributed by atoms with E-state index in [0.717, 1.165) is 44.0 Å². The molecular formula is C24H18N2. The van der Waals surface area contributed by atoms with E-state index in [1.807, 2.05) is 72.8 Å². The van der Waals surface area contributed by atoms with E-state index in [-0.39, 0.29) is 0 Å². The van der Waals surface area contributed by atoms with Crippen molar-refractivity contribution < 1.29 is 0 Å². The fourth-order valence-corrected chi connectivity index (χ4v) is 2.91. The largest absolute Gasteiger partial charge is 0.398 e. The molecule has 26 heavy (non-hydrogen) atoms. The van der Waals surface area contributed by atoms with E-state index in [1.54, 1.807) is 0 Å². The first-order valence-electron chi connectivity index (χ1n) is 8.13. The lowest BCUT2D eigenvalue weighted by atomic mass is 10.0. The molecule has 4 rings (SSSR count). The van der Waals surface area contributed by atoms with E-state index in [2.05, 4.69) is 11.8 Å². The van der Waals surface area contributed by atoms with Gasteiger partial charge in [0, 0.05) is 33.3 Å². The second-order valence-corrected chi connectivity index (χ2v) is 5.78. The maximum atomic E-state index is 5.81. The number of hydrogen-bond acceptors (Lipinski definition) is 2. The fourth-order valence-electron chi connectivity index (χ4n) is 2.91. The van der Waals surface area contributed by atoms with Crippen molar-refractivity contribution in [3.05, 3.63) is 83.9 Å². The van der Waals surface area contributed by atoms with Crippen molar-refractivity contribution in [2.75, 3.05) is 11.5 Å². The monoisotopic (exact) mass is 334 g/mol. The highest BCUT2D eigenvalue weighted by molar-refractivity contribution is 5.97. The predicted octanol–water partition coefficient (Wildman–Crippen LogP) is 4.81. The van der Waals surface area contributed by atoms with Crippen molar-refractivity contribution in [2.24, 2.45) is 0 Å². The topological polar surface area (TPSA) is 52.0 Å². The normalized spacial score (nSPS) is 9.77. The van der Waals surface area contributed by atoms with Crippen LogP contribution in [-0.2, 0) is 0 Å². The molecule has 4 N–H and O–H groups in total. The van der Waals surface area contributed by atoms with Gasteiger partial charge >= 0.3 is 0 Å². The Hall–Kier alpha value is -3.88. The molecule has 0 unspecified atom stereocenters. The number of terminal acetylenes is 2. The van der Waals surface area contributed by atoms with E-state index in [4.69, 9.17) is 24.3 Å². The summed E-state index contributed by atoms with van der Waals surface area (Å²) in [5.74, 6) is 5.28. The van der Waals surface area contributed by atoms with Crippen molar-refractivity contribution in [3.8, 4) is 24.7 Å². The van der Waals surface area contributed by atoms with Gasteiger partial charge in [-0.05, 0) is 35.0 Å². The maximum absolute atomic E-state index is 5.81. The maximum Gasteiger partial charge on any atom is 0.0394 e. The predicted molar refractivity (Wildman–Crippen MR) is 113 cm³/mol. The Balaban J connectivity index is 0.000000151. The van der Waals surface area contributed by atoms with E-state index in [1.165, 1.54) is 0 Å². The van der Waals surface area contributed by atoms with Gasteiger partial charge in [0.2, 0.25) is 0 Å². The Morgan fingerprint density at radius 1 is 0.500 bits per heavy atom. The standard InChI is InChI=1S/2C12H9N/c1-2-9-5-3-7-11-10(9)6-4-8-12(11)13;1-2-9-7-8-12(13)11-6-4-3-5-10(9)11/h2*1,3-8H,13H2. The highest BCUT2D eigenvalue weighted by atomic mass is 14.6. The summed E-state index contributed by atoms with van der Waals surface area (Å²) in [7, 11) is 0. The summed E-state index contributed by atoms with van der Waals surface area (Å²) in [5, 5.41) is 4.14. The number of benzene rings is 4. The molecule has 4 aromatic carbocycles. The SMILES string of the molecule is C#Cc1ccc(N)c2ccccc12.C#Cc1cccc2c(N)cccc12. The molecule has 0 aliphatic heterocycles. The molecule has 0 amide bonds. The number of rotatable bonds is 0. The van der Waals surface area contributed by atoms with E-state index < -0.39 is 0 Å². The highest BCUT2D eigenvalue weighted by Gasteiger charge is 2.00. The fraction of sp³-hybridized carbons (Fsp3) is 0. The lowest BCUT2D eigenvalue weighted by Crippen LogP contribution is -1.88. The quantitative estimate of drug-likeness (QED) is 0.358. The smallest absolute Gasteiger partial charge is 0.0394 e. The van der Waals surface area contributed by atoms with Gasteiger partial charge in [-0.2, -0.15) is 0 Å². The molecule has 0 saturated carbocycles. The van der Waals surface area contributed by atoms with E-state index in [0.29, 0.717) is 0 Å². The molecule has 0 aliphatic carbocycles. The minimum Gasteiger partial charge on any atom is -0.398 e. The third-order valence-electron chi connectivity index (χ3n) is 4.22. The average Bonchev–Trinajstić information content (AvgIpc) is 2.69. The van der Waals surface area contributed by atoms with Gasteiger partial charge in [-0.15, -0.1) is 12.8 Å². The van der Waals surface area contributed by atoms with Crippen LogP contribution in [0.1, 0.15) is 11.1 Å². The molecule has 0 radical (unpaired) electrons. The molecule has 124 valence electrons. The number of nitrogens with two attached hydrogens (primary N) is 2. The van der Waals surface area contributed by atoms with Gasteiger partial charge in [-0.1, -0.05) is 60.4 Å². The summed E-state index contributed by atoms with van der Waals surface area (Å²) in [4.78, 5) is 0. The van der Waals surface area contributed by atoms with Crippen molar-refractivity contribution in [1.29, 1.82) is 0 Å². The van der Waals surface area contributed by atoms with Gasteiger partial charge in [0.05, 0.1) is 0 Å². The molecule has 0 saturated heterocycles. The second kappa shape index (κ2) is 7.34. The van der Waals surface area contributed by atoms with Crippen LogP contribution in [0.4, 0.5) is 11.4 Å². The first kappa shape index (κ1) is 17.0. The van der Waals surface area contributed by atoms with Crippen LogP contribution in [0, 0.1) is 24.7 Å². The van der Waals surface area contributed by atoms with Crippen LogP contribution in [0.3, 0.4) is 0 Å². The third-order valence-corrected chi connectivity index (χ3v) is 4.22. The number of anilines is 2. The summed E-state index contributed by atoms with van der Waals surface area (Å²) >= 11 is 0. The molecule has 0 aromatic heterocycles. The number of nitrogen functional groups attached to an aromatic ring is 2. The summed E-state index contributed by atoms with van der Waals surface area (Å²) in [6.07, 6.45) is 10.8. The van der Waals surface area contributed by atoms with Crippen LogP contribution in [0.15, 0.2) is 72.8 Å². The third kappa shape index (κ3) is 3.18.